The SMILES string of the molecule is C=CCN(CCCC(NC(=O)O)C(=O)N1CCN(C)CC1)[C@@H]1C[C@H]1c1ccc(F)cc1. The Labute approximate surface area is 183 Å². The number of benzene rings is 1. The lowest BCUT2D eigenvalue weighted by Crippen LogP contribution is -2.54. The van der Waals surface area contributed by atoms with Gasteiger partial charge in [-0.2, -0.15) is 0 Å². The van der Waals surface area contributed by atoms with Gasteiger partial charge < -0.3 is 20.2 Å². The third kappa shape index (κ3) is 6.51. The average Bonchev–Trinajstić information content (AvgIpc) is 3.53. The van der Waals surface area contributed by atoms with Crippen LogP contribution in [-0.2, 0) is 4.79 Å². The number of nitrogens with zero attached hydrogens (tertiary/aromatic N) is 3. The van der Waals surface area contributed by atoms with Crippen LogP contribution in [0.4, 0.5) is 9.18 Å². The topological polar surface area (TPSA) is 76.1 Å². The van der Waals surface area contributed by atoms with E-state index in [4.69, 9.17) is 0 Å². The van der Waals surface area contributed by atoms with Crippen LogP contribution in [0.2, 0.25) is 0 Å². The molecule has 0 radical (unpaired) electrons. The molecule has 1 saturated heterocycles. The molecule has 1 saturated carbocycles. The van der Waals surface area contributed by atoms with Crippen LogP contribution in [-0.4, -0.2) is 90.2 Å². The second kappa shape index (κ2) is 10.7. The number of rotatable bonds is 10. The molecule has 3 rings (SSSR count). The fourth-order valence-corrected chi connectivity index (χ4v) is 4.36. The van der Waals surface area contributed by atoms with Gasteiger partial charge in [0, 0.05) is 44.7 Å². The van der Waals surface area contributed by atoms with Gasteiger partial charge in [-0.25, -0.2) is 9.18 Å². The van der Waals surface area contributed by atoms with Gasteiger partial charge in [0.05, 0.1) is 0 Å². The molecule has 1 aliphatic carbocycles. The molecule has 3 atom stereocenters. The number of hydrogen-bond acceptors (Lipinski definition) is 4. The van der Waals surface area contributed by atoms with Crippen molar-refractivity contribution in [3.8, 4) is 0 Å². The summed E-state index contributed by atoms with van der Waals surface area (Å²) < 4.78 is 13.2. The van der Waals surface area contributed by atoms with E-state index in [1.165, 1.54) is 12.1 Å². The molecule has 1 heterocycles. The molecule has 31 heavy (non-hydrogen) atoms. The molecule has 1 aromatic carbocycles. The van der Waals surface area contributed by atoms with Crippen LogP contribution in [0.25, 0.3) is 0 Å². The van der Waals surface area contributed by atoms with E-state index in [2.05, 4.69) is 21.7 Å². The third-order valence-electron chi connectivity index (χ3n) is 6.24. The lowest BCUT2D eigenvalue weighted by Gasteiger charge is -2.34. The number of nitrogens with one attached hydrogen (secondary N) is 1. The highest BCUT2D eigenvalue weighted by atomic mass is 19.1. The number of likely N-dealkylation sites (N-methyl/N-ethyl adjacent to an activating group) is 1. The summed E-state index contributed by atoms with van der Waals surface area (Å²) in [6, 6.07) is 6.31. The fraction of sp³-hybridized carbons (Fsp3) is 0.565. The third-order valence-corrected chi connectivity index (χ3v) is 6.24. The Kier molecular flexibility index (Phi) is 8.03. The van der Waals surface area contributed by atoms with Crippen molar-refractivity contribution >= 4 is 12.0 Å². The minimum absolute atomic E-state index is 0.138. The first-order valence-corrected chi connectivity index (χ1v) is 11.0. The number of piperazine rings is 1. The quantitative estimate of drug-likeness (QED) is 0.555. The molecular weight excluding hydrogens is 399 g/mol. The van der Waals surface area contributed by atoms with Gasteiger partial charge in [0.15, 0.2) is 0 Å². The van der Waals surface area contributed by atoms with Crippen molar-refractivity contribution in [2.24, 2.45) is 0 Å². The number of hydrogen-bond donors (Lipinski definition) is 2. The van der Waals surface area contributed by atoms with Gasteiger partial charge in [-0.15, -0.1) is 6.58 Å². The van der Waals surface area contributed by atoms with Gasteiger partial charge >= 0.3 is 6.09 Å². The van der Waals surface area contributed by atoms with Crippen molar-refractivity contribution in [3.05, 3.63) is 48.3 Å². The second-order valence-electron chi connectivity index (χ2n) is 8.52. The monoisotopic (exact) mass is 432 g/mol. The predicted molar refractivity (Wildman–Crippen MR) is 118 cm³/mol. The van der Waals surface area contributed by atoms with Crippen LogP contribution in [0.1, 0.15) is 30.7 Å². The molecule has 2 aliphatic rings. The summed E-state index contributed by atoms with van der Waals surface area (Å²) in [6.45, 7) is 8.17. The maximum Gasteiger partial charge on any atom is 0.405 e. The minimum atomic E-state index is -1.17. The summed E-state index contributed by atoms with van der Waals surface area (Å²) in [5.74, 6) is 0.00716. The van der Waals surface area contributed by atoms with E-state index < -0.39 is 12.1 Å². The number of carboxylic acid groups (broad SMARTS) is 1. The molecule has 1 unspecified atom stereocenters. The highest BCUT2D eigenvalue weighted by molar-refractivity contribution is 5.85. The first kappa shape index (κ1) is 23.2. The Morgan fingerprint density at radius 2 is 1.97 bits per heavy atom. The van der Waals surface area contributed by atoms with Crippen LogP contribution in [0.5, 0.6) is 0 Å². The number of halogens is 1. The largest absolute Gasteiger partial charge is 0.465 e. The Balaban J connectivity index is 1.53. The smallest absolute Gasteiger partial charge is 0.405 e. The molecule has 7 nitrogen and oxygen atoms in total. The van der Waals surface area contributed by atoms with Crippen LogP contribution in [0.3, 0.4) is 0 Å². The van der Waals surface area contributed by atoms with Crippen molar-refractivity contribution < 1.29 is 19.1 Å². The van der Waals surface area contributed by atoms with E-state index in [-0.39, 0.29) is 11.7 Å². The van der Waals surface area contributed by atoms with E-state index >= 15 is 0 Å². The molecule has 0 bridgehead atoms. The van der Waals surface area contributed by atoms with Crippen molar-refractivity contribution in [2.45, 2.75) is 37.3 Å². The molecule has 0 aromatic heterocycles. The standard InChI is InChI=1S/C23H33FN4O3/c1-3-10-27(21-16-19(21)17-6-8-18(24)9-7-17)11-4-5-20(25-23(30)31)22(29)28-14-12-26(2)13-15-28/h3,6-9,19-21,25H,1,4-5,10-16H2,2H3,(H,30,31)/t19-,20?,21+/m0/s1. The lowest BCUT2D eigenvalue weighted by molar-refractivity contribution is -0.135. The van der Waals surface area contributed by atoms with E-state index in [9.17, 15) is 19.1 Å². The Bertz CT molecular complexity index is 765. The van der Waals surface area contributed by atoms with Crippen LogP contribution < -0.4 is 5.32 Å². The normalized spacial score (nSPS) is 22.2. The van der Waals surface area contributed by atoms with E-state index in [0.717, 1.165) is 38.2 Å². The summed E-state index contributed by atoms with van der Waals surface area (Å²) in [5, 5.41) is 11.6. The molecule has 2 fully saturated rings. The summed E-state index contributed by atoms with van der Waals surface area (Å²) in [4.78, 5) is 30.4. The molecule has 2 amide bonds. The zero-order chi connectivity index (χ0) is 22.4. The first-order chi connectivity index (χ1) is 14.9. The average molecular weight is 433 g/mol. The van der Waals surface area contributed by atoms with Crippen LogP contribution in [0, 0.1) is 5.82 Å². The molecule has 8 heteroatoms. The van der Waals surface area contributed by atoms with E-state index in [0.29, 0.717) is 37.9 Å². The molecule has 2 N–H and O–H groups in total. The highest BCUT2D eigenvalue weighted by Crippen LogP contribution is 2.44. The number of amides is 2. The number of carbonyl (C=O) groups is 2. The molecule has 1 aliphatic heterocycles. The van der Waals surface area contributed by atoms with Crippen molar-refractivity contribution in [3.63, 3.8) is 0 Å². The lowest BCUT2D eigenvalue weighted by atomic mass is 10.1. The second-order valence-corrected chi connectivity index (χ2v) is 8.52. The van der Waals surface area contributed by atoms with Crippen molar-refractivity contribution in [1.82, 2.24) is 20.0 Å². The van der Waals surface area contributed by atoms with E-state index in [1.807, 2.05) is 25.3 Å². The molecular formula is C23H33FN4O3. The zero-order valence-electron chi connectivity index (χ0n) is 18.2. The van der Waals surface area contributed by atoms with Crippen molar-refractivity contribution in [2.75, 3.05) is 46.3 Å². The van der Waals surface area contributed by atoms with Gasteiger partial charge in [-0.1, -0.05) is 18.2 Å². The van der Waals surface area contributed by atoms with Gasteiger partial charge in [0.2, 0.25) is 5.91 Å². The summed E-state index contributed by atoms with van der Waals surface area (Å²) in [5.41, 5.74) is 1.14. The number of carbonyl (C=O) groups excluding carboxylic acids is 1. The maximum absolute atomic E-state index is 13.2. The summed E-state index contributed by atoms with van der Waals surface area (Å²) >= 11 is 0. The molecule has 0 spiro atoms. The van der Waals surface area contributed by atoms with Gasteiger partial charge in [0.1, 0.15) is 11.9 Å². The molecule has 170 valence electrons. The van der Waals surface area contributed by atoms with Crippen LogP contribution in [0.15, 0.2) is 36.9 Å². The van der Waals surface area contributed by atoms with Crippen LogP contribution >= 0.6 is 0 Å². The fourth-order valence-electron chi connectivity index (χ4n) is 4.36. The Morgan fingerprint density at radius 1 is 1.29 bits per heavy atom. The van der Waals surface area contributed by atoms with Gasteiger partial charge in [0.25, 0.3) is 0 Å². The Hall–Kier alpha value is -2.45. The minimum Gasteiger partial charge on any atom is -0.465 e. The Morgan fingerprint density at radius 3 is 2.58 bits per heavy atom. The predicted octanol–water partition coefficient (Wildman–Crippen LogP) is 2.36. The summed E-state index contributed by atoms with van der Waals surface area (Å²) in [7, 11) is 2.01. The summed E-state index contributed by atoms with van der Waals surface area (Å²) in [6.07, 6.45) is 2.86. The van der Waals surface area contributed by atoms with E-state index in [1.54, 1.807) is 4.90 Å². The van der Waals surface area contributed by atoms with Crippen molar-refractivity contribution in [1.29, 1.82) is 0 Å². The first-order valence-electron chi connectivity index (χ1n) is 11.0. The van der Waals surface area contributed by atoms with Gasteiger partial charge in [-0.05, 0) is 50.6 Å². The van der Waals surface area contributed by atoms with Gasteiger partial charge in [-0.3, -0.25) is 9.69 Å². The maximum atomic E-state index is 13.2. The zero-order valence-corrected chi connectivity index (χ0v) is 18.2. The highest BCUT2D eigenvalue weighted by Gasteiger charge is 2.42. The molecule has 1 aromatic rings.